The molecule has 1 saturated heterocycles. The fourth-order valence-corrected chi connectivity index (χ4v) is 0.690. The van der Waals surface area contributed by atoms with Crippen molar-refractivity contribution < 1.29 is 9.78 Å². The van der Waals surface area contributed by atoms with E-state index in [-0.39, 0.29) is 6.23 Å². The highest BCUT2D eigenvalue weighted by Crippen LogP contribution is 2.05. The van der Waals surface area contributed by atoms with E-state index in [1.54, 1.807) is 0 Å². The summed E-state index contributed by atoms with van der Waals surface area (Å²) in [5, 5.41) is 0. The predicted octanol–water partition coefficient (Wildman–Crippen LogP) is 0.403. The topological polar surface area (TPSA) is 44.5 Å². The van der Waals surface area contributed by atoms with Gasteiger partial charge in [-0.3, -0.25) is 0 Å². The van der Waals surface area contributed by atoms with E-state index >= 15 is 0 Å². The summed E-state index contributed by atoms with van der Waals surface area (Å²) in [6.07, 6.45) is 2.90. The maximum absolute atomic E-state index is 5.39. The van der Waals surface area contributed by atoms with Gasteiger partial charge in [0.05, 0.1) is 6.61 Å². The van der Waals surface area contributed by atoms with Gasteiger partial charge < -0.3 is 5.73 Å². The van der Waals surface area contributed by atoms with Gasteiger partial charge in [0.2, 0.25) is 0 Å². The molecule has 1 aliphatic heterocycles. The maximum Gasteiger partial charge on any atom is 0.141 e. The lowest BCUT2D eigenvalue weighted by Gasteiger charge is -2.03. The van der Waals surface area contributed by atoms with Crippen molar-refractivity contribution in [3.8, 4) is 0 Å². The van der Waals surface area contributed by atoms with Crippen LogP contribution in [0.2, 0.25) is 0 Å². The third kappa shape index (κ3) is 1.78. The van der Waals surface area contributed by atoms with E-state index in [9.17, 15) is 0 Å². The Bertz CT molecular complexity index is 59.4. The summed E-state index contributed by atoms with van der Waals surface area (Å²) in [4.78, 5) is 9.36. The van der Waals surface area contributed by atoms with E-state index in [0.29, 0.717) is 6.61 Å². The quantitative estimate of drug-likeness (QED) is 0.467. The van der Waals surface area contributed by atoms with Gasteiger partial charge in [0, 0.05) is 0 Å². The van der Waals surface area contributed by atoms with E-state index in [0.717, 1.165) is 19.3 Å². The van der Waals surface area contributed by atoms with Crippen molar-refractivity contribution in [1.29, 1.82) is 0 Å². The molecule has 1 heterocycles. The average Bonchev–Trinajstić information content (AvgIpc) is 1.94. The zero-order valence-corrected chi connectivity index (χ0v) is 4.80. The van der Waals surface area contributed by atoms with Gasteiger partial charge in [0.25, 0.3) is 0 Å². The minimum absolute atomic E-state index is 0.197. The minimum Gasteiger partial charge on any atom is -0.303 e. The highest BCUT2D eigenvalue weighted by Gasteiger charge is 2.06. The molecule has 1 aliphatic rings. The number of nitrogens with two attached hydrogens (primary N) is 1. The molecule has 0 aromatic rings. The molecule has 0 radical (unpaired) electrons. The lowest BCUT2D eigenvalue weighted by molar-refractivity contribution is -0.316. The van der Waals surface area contributed by atoms with Crippen LogP contribution < -0.4 is 5.73 Å². The first-order chi connectivity index (χ1) is 3.89. The Morgan fingerprint density at radius 2 is 2.25 bits per heavy atom. The molecule has 8 heavy (non-hydrogen) atoms. The standard InChI is InChI=1S/C5H11NO2/c6-5-3-1-2-4-7-8-5/h5H,1-4,6H2. The molecule has 2 N–H and O–H groups in total. The summed E-state index contributed by atoms with van der Waals surface area (Å²) >= 11 is 0. The van der Waals surface area contributed by atoms with Crippen LogP contribution in [0.1, 0.15) is 19.3 Å². The Balaban J connectivity index is 2.17. The summed E-state index contributed by atoms with van der Waals surface area (Å²) in [5.41, 5.74) is 5.39. The molecule has 3 nitrogen and oxygen atoms in total. The molecule has 1 unspecified atom stereocenters. The monoisotopic (exact) mass is 117 g/mol. The summed E-state index contributed by atoms with van der Waals surface area (Å²) in [6.45, 7) is 0.688. The van der Waals surface area contributed by atoms with Crippen LogP contribution in [0.15, 0.2) is 0 Å². The number of rotatable bonds is 0. The molecule has 1 atom stereocenters. The Morgan fingerprint density at radius 1 is 1.38 bits per heavy atom. The van der Waals surface area contributed by atoms with Crippen molar-refractivity contribution in [2.75, 3.05) is 6.61 Å². The van der Waals surface area contributed by atoms with Crippen molar-refractivity contribution in [2.24, 2.45) is 5.73 Å². The third-order valence-electron chi connectivity index (χ3n) is 1.16. The van der Waals surface area contributed by atoms with Crippen LogP contribution >= 0.6 is 0 Å². The van der Waals surface area contributed by atoms with Crippen LogP contribution in [0.5, 0.6) is 0 Å². The first-order valence-corrected chi connectivity index (χ1v) is 2.93. The second-order valence-corrected chi connectivity index (χ2v) is 1.95. The van der Waals surface area contributed by atoms with Gasteiger partial charge in [-0.15, -0.1) is 0 Å². The Hall–Kier alpha value is -0.120. The predicted molar refractivity (Wildman–Crippen MR) is 28.9 cm³/mol. The molecule has 0 saturated carbocycles. The summed E-state index contributed by atoms with van der Waals surface area (Å²) < 4.78 is 0. The van der Waals surface area contributed by atoms with Crippen molar-refractivity contribution in [3.63, 3.8) is 0 Å². The lowest BCUT2D eigenvalue weighted by Crippen LogP contribution is -2.21. The average molecular weight is 117 g/mol. The molecule has 0 aromatic carbocycles. The second-order valence-electron chi connectivity index (χ2n) is 1.95. The fraction of sp³-hybridized carbons (Fsp3) is 1.00. The number of hydrogen-bond donors (Lipinski definition) is 1. The van der Waals surface area contributed by atoms with Gasteiger partial charge in [-0.25, -0.2) is 9.78 Å². The minimum atomic E-state index is -0.197. The number of hydrogen-bond acceptors (Lipinski definition) is 3. The SMILES string of the molecule is NC1CCCCOO1. The molecular formula is C5H11NO2. The fourth-order valence-electron chi connectivity index (χ4n) is 0.690. The van der Waals surface area contributed by atoms with Crippen molar-refractivity contribution >= 4 is 0 Å². The Kier molecular flexibility index (Phi) is 2.27. The largest absolute Gasteiger partial charge is 0.303 e. The van der Waals surface area contributed by atoms with Gasteiger partial charge in [0.15, 0.2) is 0 Å². The Labute approximate surface area is 48.7 Å². The zero-order valence-electron chi connectivity index (χ0n) is 4.80. The summed E-state index contributed by atoms with van der Waals surface area (Å²) in [6, 6.07) is 0. The van der Waals surface area contributed by atoms with E-state index in [1.807, 2.05) is 0 Å². The van der Waals surface area contributed by atoms with Gasteiger partial charge >= 0.3 is 0 Å². The van der Waals surface area contributed by atoms with Crippen LogP contribution in [0, 0.1) is 0 Å². The van der Waals surface area contributed by atoms with Crippen LogP contribution in [0.25, 0.3) is 0 Å². The highest BCUT2D eigenvalue weighted by molar-refractivity contribution is 4.48. The van der Waals surface area contributed by atoms with Crippen molar-refractivity contribution in [1.82, 2.24) is 0 Å². The molecule has 0 bridgehead atoms. The van der Waals surface area contributed by atoms with E-state index in [1.165, 1.54) is 0 Å². The maximum atomic E-state index is 5.39. The van der Waals surface area contributed by atoms with Crippen LogP contribution in [0.4, 0.5) is 0 Å². The van der Waals surface area contributed by atoms with Gasteiger partial charge in [0.1, 0.15) is 6.23 Å². The smallest absolute Gasteiger partial charge is 0.141 e. The second kappa shape index (κ2) is 3.02. The summed E-state index contributed by atoms with van der Waals surface area (Å²) in [5.74, 6) is 0. The van der Waals surface area contributed by atoms with Gasteiger partial charge in [-0.1, -0.05) is 0 Å². The first-order valence-electron chi connectivity index (χ1n) is 2.93. The van der Waals surface area contributed by atoms with Crippen molar-refractivity contribution in [2.45, 2.75) is 25.5 Å². The van der Waals surface area contributed by atoms with E-state index < -0.39 is 0 Å². The lowest BCUT2D eigenvalue weighted by atomic mass is 10.2. The zero-order chi connectivity index (χ0) is 5.82. The van der Waals surface area contributed by atoms with Crippen molar-refractivity contribution in [3.05, 3.63) is 0 Å². The third-order valence-corrected chi connectivity index (χ3v) is 1.16. The van der Waals surface area contributed by atoms with E-state index in [4.69, 9.17) is 5.73 Å². The molecule has 3 heteroatoms. The van der Waals surface area contributed by atoms with Crippen LogP contribution in [-0.2, 0) is 9.78 Å². The first kappa shape index (κ1) is 6.01. The van der Waals surface area contributed by atoms with Gasteiger partial charge in [-0.05, 0) is 19.3 Å². The van der Waals surface area contributed by atoms with Gasteiger partial charge in [-0.2, -0.15) is 0 Å². The molecule has 0 spiro atoms. The molecule has 0 aromatic heterocycles. The molecular weight excluding hydrogens is 106 g/mol. The molecule has 0 aliphatic carbocycles. The molecule has 48 valence electrons. The summed E-state index contributed by atoms with van der Waals surface area (Å²) in [7, 11) is 0. The van der Waals surface area contributed by atoms with E-state index in [2.05, 4.69) is 9.78 Å². The molecule has 1 rings (SSSR count). The molecule has 1 fully saturated rings. The highest BCUT2D eigenvalue weighted by atomic mass is 17.2. The normalized spacial score (nSPS) is 31.9. The Morgan fingerprint density at radius 3 is 3.12 bits per heavy atom. The van der Waals surface area contributed by atoms with Crippen LogP contribution in [0.3, 0.4) is 0 Å². The molecule has 0 amide bonds. The van der Waals surface area contributed by atoms with Crippen LogP contribution in [-0.4, -0.2) is 12.8 Å².